The second kappa shape index (κ2) is 8.22. The topological polar surface area (TPSA) is 78.5 Å². The first-order chi connectivity index (χ1) is 12.2. The SMILES string of the molecule is O=C(c1cc(-c2ccc(F)cc2)n[nH]1)N1CCC(OCCCO)CC1. The Hall–Kier alpha value is -2.25. The van der Waals surface area contributed by atoms with Crippen molar-refractivity contribution in [2.24, 2.45) is 0 Å². The Bertz CT molecular complexity index is 694. The molecule has 0 saturated carbocycles. The molecule has 1 aromatic heterocycles. The maximum atomic E-state index is 13.0. The van der Waals surface area contributed by atoms with E-state index in [2.05, 4.69) is 10.2 Å². The number of carbonyl (C=O) groups excluding carboxylic acids is 1. The Morgan fingerprint density at radius 2 is 2.04 bits per heavy atom. The summed E-state index contributed by atoms with van der Waals surface area (Å²) >= 11 is 0. The first kappa shape index (κ1) is 17.6. The number of nitrogens with one attached hydrogen (secondary N) is 1. The van der Waals surface area contributed by atoms with Crippen molar-refractivity contribution in [2.75, 3.05) is 26.3 Å². The highest BCUT2D eigenvalue weighted by atomic mass is 19.1. The largest absolute Gasteiger partial charge is 0.396 e. The molecule has 0 radical (unpaired) electrons. The predicted octanol–water partition coefficient (Wildman–Crippen LogP) is 2.22. The highest BCUT2D eigenvalue weighted by molar-refractivity contribution is 5.93. The predicted molar refractivity (Wildman–Crippen MR) is 90.6 cm³/mol. The average molecular weight is 347 g/mol. The minimum atomic E-state index is -0.306. The fourth-order valence-corrected chi connectivity index (χ4v) is 2.91. The van der Waals surface area contributed by atoms with E-state index in [1.165, 1.54) is 12.1 Å². The van der Waals surface area contributed by atoms with Gasteiger partial charge in [0.25, 0.3) is 5.91 Å². The van der Waals surface area contributed by atoms with Gasteiger partial charge in [-0.2, -0.15) is 5.10 Å². The quantitative estimate of drug-likeness (QED) is 0.786. The smallest absolute Gasteiger partial charge is 0.271 e. The molecule has 134 valence electrons. The van der Waals surface area contributed by atoms with E-state index in [1.807, 2.05) is 0 Å². The van der Waals surface area contributed by atoms with Gasteiger partial charge in [-0.1, -0.05) is 0 Å². The van der Waals surface area contributed by atoms with Gasteiger partial charge in [-0.15, -0.1) is 0 Å². The van der Waals surface area contributed by atoms with Gasteiger partial charge in [-0.3, -0.25) is 9.89 Å². The van der Waals surface area contributed by atoms with Gasteiger partial charge in [0.2, 0.25) is 0 Å². The third-order valence-electron chi connectivity index (χ3n) is 4.33. The third kappa shape index (κ3) is 4.43. The number of rotatable bonds is 6. The number of ether oxygens (including phenoxy) is 1. The van der Waals surface area contributed by atoms with E-state index in [1.54, 1.807) is 23.1 Å². The van der Waals surface area contributed by atoms with E-state index in [-0.39, 0.29) is 24.4 Å². The molecular weight excluding hydrogens is 325 g/mol. The maximum absolute atomic E-state index is 13.0. The van der Waals surface area contributed by atoms with Crippen LogP contribution < -0.4 is 0 Å². The number of piperidine rings is 1. The van der Waals surface area contributed by atoms with Crippen molar-refractivity contribution in [1.82, 2.24) is 15.1 Å². The fourth-order valence-electron chi connectivity index (χ4n) is 2.91. The van der Waals surface area contributed by atoms with Gasteiger partial charge in [0.15, 0.2) is 0 Å². The zero-order valence-electron chi connectivity index (χ0n) is 13.9. The summed E-state index contributed by atoms with van der Waals surface area (Å²) in [5, 5.41) is 15.7. The standard InChI is InChI=1S/C18H22FN3O3/c19-14-4-2-13(3-5-14)16-12-17(21-20-16)18(24)22-8-6-15(7-9-22)25-11-1-10-23/h2-5,12,15,23H,1,6-11H2,(H,20,21). The lowest BCUT2D eigenvalue weighted by molar-refractivity contribution is 0.00384. The van der Waals surface area contributed by atoms with E-state index >= 15 is 0 Å². The molecule has 1 amide bonds. The molecule has 1 aliphatic heterocycles. The molecule has 25 heavy (non-hydrogen) atoms. The molecule has 0 bridgehead atoms. The summed E-state index contributed by atoms with van der Waals surface area (Å²) in [6.45, 7) is 1.95. The fraction of sp³-hybridized carbons (Fsp3) is 0.444. The number of hydrogen-bond acceptors (Lipinski definition) is 4. The zero-order chi connectivity index (χ0) is 17.6. The Kier molecular flexibility index (Phi) is 5.78. The van der Waals surface area contributed by atoms with Gasteiger partial charge in [0.1, 0.15) is 11.5 Å². The average Bonchev–Trinajstić information content (AvgIpc) is 3.13. The van der Waals surface area contributed by atoms with Crippen molar-refractivity contribution in [3.05, 3.63) is 41.8 Å². The Morgan fingerprint density at radius 1 is 1.32 bits per heavy atom. The van der Waals surface area contributed by atoms with E-state index < -0.39 is 0 Å². The van der Waals surface area contributed by atoms with Crippen LogP contribution in [0.5, 0.6) is 0 Å². The summed E-state index contributed by atoms with van der Waals surface area (Å²) < 4.78 is 18.7. The van der Waals surface area contributed by atoms with Gasteiger partial charge < -0.3 is 14.7 Å². The van der Waals surface area contributed by atoms with Crippen LogP contribution in [0.2, 0.25) is 0 Å². The van der Waals surface area contributed by atoms with Gasteiger partial charge >= 0.3 is 0 Å². The summed E-state index contributed by atoms with van der Waals surface area (Å²) in [6.07, 6.45) is 2.36. The molecule has 7 heteroatoms. The molecule has 2 heterocycles. The molecule has 3 rings (SSSR count). The normalized spacial score (nSPS) is 15.5. The molecule has 1 aromatic carbocycles. The molecule has 2 aromatic rings. The molecule has 2 N–H and O–H groups in total. The molecule has 1 aliphatic rings. The first-order valence-corrected chi connectivity index (χ1v) is 8.50. The van der Waals surface area contributed by atoms with Crippen LogP contribution in [-0.4, -0.2) is 58.5 Å². The van der Waals surface area contributed by atoms with Crippen LogP contribution in [0.4, 0.5) is 4.39 Å². The minimum absolute atomic E-state index is 0.0883. The number of aliphatic hydroxyl groups is 1. The number of amides is 1. The molecule has 1 fully saturated rings. The van der Waals surface area contributed by atoms with Crippen molar-refractivity contribution >= 4 is 5.91 Å². The van der Waals surface area contributed by atoms with Gasteiger partial charge in [-0.05, 0) is 49.6 Å². The van der Waals surface area contributed by atoms with Crippen LogP contribution in [0.15, 0.2) is 30.3 Å². The van der Waals surface area contributed by atoms with Gasteiger partial charge in [-0.25, -0.2) is 4.39 Å². The number of H-pyrrole nitrogens is 1. The number of aliphatic hydroxyl groups excluding tert-OH is 1. The summed E-state index contributed by atoms with van der Waals surface area (Å²) in [4.78, 5) is 14.4. The molecule has 0 unspecified atom stereocenters. The maximum Gasteiger partial charge on any atom is 0.271 e. The number of aromatic nitrogens is 2. The van der Waals surface area contributed by atoms with Crippen LogP contribution in [0.25, 0.3) is 11.3 Å². The zero-order valence-corrected chi connectivity index (χ0v) is 13.9. The molecule has 0 spiro atoms. The molecular formula is C18H22FN3O3. The summed E-state index contributed by atoms with van der Waals surface area (Å²) in [5.74, 6) is -0.394. The molecule has 1 saturated heterocycles. The first-order valence-electron chi connectivity index (χ1n) is 8.50. The minimum Gasteiger partial charge on any atom is -0.396 e. The number of hydrogen-bond donors (Lipinski definition) is 2. The number of aromatic amines is 1. The lowest BCUT2D eigenvalue weighted by Gasteiger charge is -2.31. The van der Waals surface area contributed by atoms with Crippen LogP contribution >= 0.6 is 0 Å². The van der Waals surface area contributed by atoms with Crippen molar-refractivity contribution in [3.63, 3.8) is 0 Å². The van der Waals surface area contributed by atoms with Crippen LogP contribution in [-0.2, 0) is 4.74 Å². The third-order valence-corrected chi connectivity index (χ3v) is 4.33. The van der Waals surface area contributed by atoms with Crippen LogP contribution in [0, 0.1) is 5.82 Å². The number of halogens is 1. The number of carbonyl (C=O) groups is 1. The van der Waals surface area contributed by atoms with E-state index in [9.17, 15) is 9.18 Å². The van der Waals surface area contributed by atoms with E-state index in [0.717, 1.165) is 18.4 Å². The molecule has 0 atom stereocenters. The molecule has 6 nitrogen and oxygen atoms in total. The van der Waals surface area contributed by atoms with Gasteiger partial charge in [0.05, 0.1) is 11.8 Å². The monoisotopic (exact) mass is 347 g/mol. The Morgan fingerprint density at radius 3 is 2.72 bits per heavy atom. The second-order valence-corrected chi connectivity index (χ2v) is 6.11. The highest BCUT2D eigenvalue weighted by Gasteiger charge is 2.25. The molecule has 0 aliphatic carbocycles. The highest BCUT2D eigenvalue weighted by Crippen LogP contribution is 2.20. The lowest BCUT2D eigenvalue weighted by Crippen LogP contribution is -2.41. The lowest BCUT2D eigenvalue weighted by atomic mass is 10.1. The van der Waals surface area contributed by atoms with Crippen molar-refractivity contribution < 1.29 is 19.0 Å². The Labute approximate surface area is 145 Å². The Balaban J connectivity index is 1.56. The summed E-state index contributed by atoms with van der Waals surface area (Å²) in [5.41, 5.74) is 1.80. The van der Waals surface area contributed by atoms with Crippen molar-refractivity contribution in [3.8, 4) is 11.3 Å². The number of likely N-dealkylation sites (tertiary alicyclic amines) is 1. The summed E-state index contributed by atoms with van der Waals surface area (Å²) in [6, 6.07) is 7.70. The van der Waals surface area contributed by atoms with Crippen LogP contribution in [0.1, 0.15) is 29.8 Å². The number of nitrogens with zero attached hydrogens (tertiary/aromatic N) is 2. The summed E-state index contributed by atoms with van der Waals surface area (Å²) in [7, 11) is 0. The van der Waals surface area contributed by atoms with Crippen molar-refractivity contribution in [1.29, 1.82) is 0 Å². The van der Waals surface area contributed by atoms with E-state index in [4.69, 9.17) is 9.84 Å². The number of benzene rings is 1. The van der Waals surface area contributed by atoms with Crippen LogP contribution in [0.3, 0.4) is 0 Å². The second-order valence-electron chi connectivity index (χ2n) is 6.11. The van der Waals surface area contributed by atoms with Crippen molar-refractivity contribution in [2.45, 2.75) is 25.4 Å². The van der Waals surface area contributed by atoms with E-state index in [0.29, 0.717) is 37.5 Å². The van der Waals surface area contributed by atoms with Gasteiger partial charge in [0, 0.05) is 31.9 Å².